The molecule has 0 radical (unpaired) electrons. The fourth-order valence-corrected chi connectivity index (χ4v) is 1.84. The van der Waals surface area contributed by atoms with Gasteiger partial charge in [0, 0.05) is 18.5 Å². The van der Waals surface area contributed by atoms with Gasteiger partial charge in [0.25, 0.3) is 0 Å². The molecule has 0 aliphatic rings. The van der Waals surface area contributed by atoms with E-state index in [4.69, 9.17) is 5.73 Å². The molecule has 0 aromatic heterocycles. The van der Waals surface area contributed by atoms with Gasteiger partial charge < -0.3 is 10.8 Å². The predicted molar refractivity (Wildman–Crippen MR) is 63.6 cm³/mol. The normalized spacial score (nSPS) is 15.7. The molecule has 0 bridgehead atoms. The minimum Gasteiger partial charge on any atom is -0.392 e. The van der Waals surface area contributed by atoms with Crippen molar-refractivity contribution in [1.82, 2.24) is 0 Å². The van der Waals surface area contributed by atoms with Gasteiger partial charge in [0.05, 0.1) is 6.10 Å². The summed E-state index contributed by atoms with van der Waals surface area (Å²) in [4.78, 5) is 0. The fourth-order valence-electron chi connectivity index (χ4n) is 1.84. The largest absolute Gasteiger partial charge is 0.392 e. The smallest absolute Gasteiger partial charge is 0.126 e. The van der Waals surface area contributed by atoms with Crippen LogP contribution in [0.5, 0.6) is 0 Å². The summed E-state index contributed by atoms with van der Waals surface area (Å²) in [7, 11) is 0. The van der Waals surface area contributed by atoms with Crippen molar-refractivity contribution in [1.29, 1.82) is 0 Å². The maximum Gasteiger partial charge on any atom is 0.126 e. The van der Waals surface area contributed by atoms with Gasteiger partial charge >= 0.3 is 0 Å². The van der Waals surface area contributed by atoms with Crippen LogP contribution in [0.2, 0.25) is 0 Å². The first-order chi connectivity index (χ1) is 7.75. The van der Waals surface area contributed by atoms with E-state index in [1.54, 1.807) is 0 Å². The number of rotatable bonds is 3. The zero-order valence-corrected chi connectivity index (χ0v) is 10.4. The maximum absolute atomic E-state index is 13.1. The van der Waals surface area contributed by atoms with Crippen LogP contribution in [-0.4, -0.2) is 17.8 Å². The second kappa shape index (κ2) is 5.10. The third kappa shape index (κ3) is 3.48. The molecule has 0 fully saturated rings. The standard InChI is InChI=1S/C13H19F2NO/c1-13(2,3)12(17)11(7-16)8-4-9(14)6-10(15)5-8/h4-6,11-12,17H,7,16H2,1-3H3. The second-order valence-electron chi connectivity index (χ2n) is 5.36. The van der Waals surface area contributed by atoms with Crippen LogP contribution in [0.25, 0.3) is 0 Å². The number of benzene rings is 1. The predicted octanol–water partition coefficient (Wildman–Crippen LogP) is 2.41. The van der Waals surface area contributed by atoms with Gasteiger partial charge in [0.15, 0.2) is 0 Å². The summed E-state index contributed by atoms with van der Waals surface area (Å²) in [5.74, 6) is -1.78. The molecule has 1 rings (SSSR count). The van der Waals surface area contributed by atoms with E-state index in [9.17, 15) is 13.9 Å². The summed E-state index contributed by atoms with van der Waals surface area (Å²) in [6, 6.07) is 3.24. The van der Waals surface area contributed by atoms with Gasteiger partial charge in [0.1, 0.15) is 11.6 Å². The number of aliphatic hydroxyl groups is 1. The zero-order chi connectivity index (χ0) is 13.2. The van der Waals surface area contributed by atoms with E-state index in [2.05, 4.69) is 0 Å². The monoisotopic (exact) mass is 243 g/mol. The minimum atomic E-state index is -0.756. The van der Waals surface area contributed by atoms with Crippen molar-refractivity contribution in [3.63, 3.8) is 0 Å². The third-order valence-corrected chi connectivity index (χ3v) is 2.84. The van der Waals surface area contributed by atoms with E-state index in [0.29, 0.717) is 5.56 Å². The van der Waals surface area contributed by atoms with Crippen molar-refractivity contribution in [2.45, 2.75) is 32.8 Å². The number of hydrogen-bond donors (Lipinski definition) is 2. The van der Waals surface area contributed by atoms with E-state index in [1.807, 2.05) is 20.8 Å². The molecule has 1 aromatic rings. The summed E-state index contributed by atoms with van der Waals surface area (Å²) in [6.07, 6.45) is -0.756. The van der Waals surface area contributed by atoms with E-state index < -0.39 is 29.1 Å². The van der Waals surface area contributed by atoms with Gasteiger partial charge in [-0.1, -0.05) is 20.8 Å². The number of nitrogens with two attached hydrogens (primary N) is 1. The highest BCUT2D eigenvalue weighted by Crippen LogP contribution is 2.31. The first-order valence-electron chi connectivity index (χ1n) is 5.60. The molecule has 0 aliphatic heterocycles. The van der Waals surface area contributed by atoms with Gasteiger partial charge in [0.2, 0.25) is 0 Å². The van der Waals surface area contributed by atoms with Crippen LogP contribution in [0.1, 0.15) is 32.3 Å². The van der Waals surface area contributed by atoms with Gasteiger partial charge in [-0.2, -0.15) is 0 Å². The topological polar surface area (TPSA) is 46.2 Å². The third-order valence-electron chi connectivity index (χ3n) is 2.84. The Balaban J connectivity index is 3.09. The Morgan fingerprint density at radius 1 is 1.18 bits per heavy atom. The van der Waals surface area contributed by atoms with Crippen LogP contribution < -0.4 is 5.73 Å². The van der Waals surface area contributed by atoms with Crippen molar-refractivity contribution in [3.8, 4) is 0 Å². The van der Waals surface area contributed by atoms with Crippen molar-refractivity contribution in [2.75, 3.05) is 6.54 Å². The lowest BCUT2D eigenvalue weighted by Crippen LogP contribution is -2.36. The Morgan fingerprint density at radius 2 is 1.65 bits per heavy atom. The van der Waals surface area contributed by atoms with Gasteiger partial charge in [-0.3, -0.25) is 0 Å². The summed E-state index contributed by atoms with van der Waals surface area (Å²) >= 11 is 0. The first kappa shape index (κ1) is 14.1. The molecule has 4 heteroatoms. The van der Waals surface area contributed by atoms with Crippen LogP contribution in [0, 0.1) is 17.0 Å². The average molecular weight is 243 g/mol. The van der Waals surface area contributed by atoms with Crippen molar-refractivity contribution >= 4 is 0 Å². The van der Waals surface area contributed by atoms with Crippen LogP contribution >= 0.6 is 0 Å². The highest BCUT2D eigenvalue weighted by molar-refractivity contribution is 5.24. The first-order valence-corrected chi connectivity index (χ1v) is 5.60. The lowest BCUT2D eigenvalue weighted by molar-refractivity contribution is 0.0406. The molecule has 0 spiro atoms. The van der Waals surface area contributed by atoms with Crippen LogP contribution in [-0.2, 0) is 0 Å². The SMILES string of the molecule is CC(C)(C)C(O)C(CN)c1cc(F)cc(F)c1. The van der Waals surface area contributed by atoms with Crippen LogP contribution in [0.4, 0.5) is 8.78 Å². The summed E-state index contributed by atoms with van der Waals surface area (Å²) in [5.41, 5.74) is 5.60. The molecule has 0 amide bonds. The summed E-state index contributed by atoms with van der Waals surface area (Å²) in [6.45, 7) is 5.71. The second-order valence-corrected chi connectivity index (χ2v) is 5.36. The molecule has 0 saturated carbocycles. The molecule has 96 valence electrons. The molecule has 1 aromatic carbocycles. The molecule has 3 N–H and O–H groups in total. The molecule has 0 heterocycles. The minimum absolute atomic E-state index is 0.140. The van der Waals surface area contributed by atoms with Gasteiger partial charge in [-0.25, -0.2) is 8.78 Å². The molecule has 2 atom stereocenters. The Labute approximate surface area is 100 Å². The highest BCUT2D eigenvalue weighted by Gasteiger charge is 2.31. The summed E-state index contributed by atoms with van der Waals surface area (Å²) in [5, 5.41) is 10.2. The number of halogens is 2. The van der Waals surface area contributed by atoms with Crippen LogP contribution in [0.3, 0.4) is 0 Å². The molecule has 0 aliphatic carbocycles. The Kier molecular flexibility index (Phi) is 4.22. The molecule has 0 saturated heterocycles. The number of aliphatic hydroxyl groups excluding tert-OH is 1. The van der Waals surface area contributed by atoms with Gasteiger partial charge in [-0.15, -0.1) is 0 Å². The zero-order valence-electron chi connectivity index (χ0n) is 10.4. The van der Waals surface area contributed by atoms with Crippen molar-refractivity contribution < 1.29 is 13.9 Å². The molecular weight excluding hydrogens is 224 g/mol. The molecule has 17 heavy (non-hydrogen) atoms. The van der Waals surface area contributed by atoms with E-state index >= 15 is 0 Å². The Bertz CT molecular complexity index is 367. The average Bonchev–Trinajstić information content (AvgIpc) is 2.15. The Morgan fingerprint density at radius 3 is 2.00 bits per heavy atom. The fraction of sp³-hybridized carbons (Fsp3) is 0.538. The van der Waals surface area contributed by atoms with Crippen LogP contribution in [0.15, 0.2) is 18.2 Å². The number of hydrogen-bond acceptors (Lipinski definition) is 2. The summed E-state index contributed by atoms with van der Waals surface area (Å²) < 4.78 is 26.2. The maximum atomic E-state index is 13.1. The Hall–Kier alpha value is -1.00. The van der Waals surface area contributed by atoms with E-state index in [-0.39, 0.29) is 6.54 Å². The lowest BCUT2D eigenvalue weighted by atomic mass is 9.78. The van der Waals surface area contributed by atoms with Crippen molar-refractivity contribution in [2.24, 2.45) is 11.1 Å². The molecule has 2 nitrogen and oxygen atoms in total. The highest BCUT2D eigenvalue weighted by atomic mass is 19.1. The van der Waals surface area contributed by atoms with E-state index in [1.165, 1.54) is 12.1 Å². The van der Waals surface area contributed by atoms with Crippen molar-refractivity contribution in [3.05, 3.63) is 35.4 Å². The van der Waals surface area contributed by atoms with Gasteiger partial charge in [-0.05, 0) is 23.1 Å². The van der Waals surface area contributed by atoms with E-state index in [0.717, 1.165) is 6.07 Å². The molecular formula is C13H19F2NO. The molecule has 2 unspecified atom stereocenters. The quantitative estimate of drug-likeness (QED) is 0.856. The lowest BCUT2D eigenvalue weighted by Gasteiger charge is -2.32.